The summed E-state index contributed by atoms with van der Waals surface area (Å²) in [6.07, 6.45) is 1.93. The Bertz CT molecular complexity index is 601. The fourth-order valence-electron chi connectivity index (χ4n) is 2.24. The minimum absolute atomic E-state index is 0.742. The molecule has 1 heterocycles. The SMILES string of the molecule is CCc1ccccc1Nc1cc(NCCCOC)nc(C)n1. The van der Waals surface area contributed by atoms with Crippen molar-refractivity contribution >= 4 is 17.3 Å². The normalized spacial score (nSPS) is 10.5. The molecular weight excluding hydrogens is 276 g/mol. The number of aryl methyl sites for hydroxylation is 2. The van der Waals surface area contributed by atoms with Crippen molar-refractivity contribution in [1.29, 1.82) is 0 Å². The average Bonchev–Trinajstić information content (AvgIpc) is 2.52. The molecule has 0 radical (unpaired) electrons. The van der Waals surface area contributed by atoms with Gasteiger partial charge in [0.25, 0.3) is 0 Å². The van der Waals surface area contributed by atoms with Gasteiger partial charge < -0.3 is 15.4 Å². The fourth-order valence-corrected chi connectivity index (χ4v) is 2.24. The van der Waals surface area contributed by atoms with Gasteiger partial charge >= 0.3 is 0 Å². The summed E-state index contributed by atoms with van der Waals surface area (Å²) in [6.45, 7) is 5.62. The molecule has 2 rings (SSSR count). The van der Waals surface area contributed by atoms with Crippen molar-refractivity contribution in [2.24, 2.45) is 0 Å². The van der Waals surface area contributed by atoms with Crippen LogP contribution in [-0.2, 0) is 11.2 Å². The minimum Gasteiger partial charge on any atom is -0.385 e. The highest BCUT2D eigenvalue weighted by Gasteiger charge is 2.04. The number of methoxy groups -OCH3 is 1. The largest absolute Gasteiger partial charge is 0.385 e. The molecule has 0 unspecified atom stereocenters. The zero-order valence-electron chi connectivity index (χ0n) is 13.5. The second-order valence-electron chi connectivity index (χ2n) is 5.09. The molecule has 2 N–H and O–H groups in total. The molecule has 0 bridgehead atoms. The van der Waals surface area contributed by atoms with Crippen molar-refractivity contribution in [3.63, 3.8) is 0 Å². The minimum atomic E-state index is 0.742. The lowest BCUT2D eigenvalue weighted by atomic mass is 10.1. The highest BCUT2D eigenvalue weighted by Crippen LogP contribution is 2.21. The number of rotatable bonds is 8. The molecule has 0 fully saturated rings. The van der Waals surface area contributed by atoms with Crippen LogP contribution in [0.25, 0.3) is 0 Å². The van der Waals surface area contributed by atoms with Crippen molar-refractivity contribution in [1.82, 2.24) is 9.97 Å². The molecule has 118 valence electrons. The summed E-state index contributed by atoms with van der Waals surface area (Å²) < 4.78 is 5.05. The molecule has 5 heteroatoms. The number of benzene rings is 1. The molecule has 0 saturated carbocycles. The Hall–Kier alpha value is -2.14. The Morgan fingerprint density at radius 1 is 1.14 bits per heavy atom. The van der Waals surface area contributed by atoms with Crippen LogP contribution in [0.15, 0.2) is 30.3 Å². The molecule has 1 aromatic carbocycles. The maximum atomic E-state index is 5.05. The first kappa shape index (κ1) is 16.2. The van der Waals surface area contributed by atoms with Gasteiger partial charge in [-0.1, -0.05) is 25.1 Å². The van der Waals surface area contributed by atoms with Gasteiger partial charge in [0, 0.05) is 32.0 Å². The van der Waals surface area contributed by atoms with E-state index in [1.54, 1.807) is 7.11 Å². The Labute approximate surface area is 132 Å². The molecule has 0 aliphatic carbocycles. The van der Waals surface area contributed by atoms with Gasteiger partial charge in [0.1, 0.15) is 17.5 Å². The zero-order chi connectivity index (χ0) is 15.8. The molecular formula is C17H24N4O. The maximum Gasteiger partial charge on any atom is 0.136 e. The molecule has 0 spiro atoms. The van der Waals surface area contributed by atoms with E-state index in [9.17, 15) is 0 Å². The van der Waals surface area contributed by atoms with Crippen molar-refractivity contribution < 1.29 is 4.74 Å². The highest BCUT2D eigenvalue weighted by molar-refractivity contribution is 5.62. The molecule has 5 nitrogen and oxygen atoms in total. The molecule has 0 aliphatic rings. The topological polar surface area (TPSA) is 59.1 Å². The average molecular weight is 300 g/mol. The van der Waals surface area contributed by atoms with Gasteiger partial charge in [-0.15, -0.1) is 0 Å². The van der Waals surface area contributed by atoms with Gasteiger partial charge in [0.15, 0.2) is 0 Å². The molecule has 1 aromatic heterocycles. The molecule has 0 saturated heterocycles. The van der Waals surface area contributed by atoms with Crippen LogP contribution in [0.3, 0.4) is 0 Å². The van der Waals surface area contributed by atoms with Crippen LogP contribution < -0.4 is 10.6 Å². The lowest BCUT2D eigenvalue weighted by Gasteiger charge is -2.12. The monoisotopic (exact) mass is 300 g/mol. The van der Waals surface area contributed by atoms with Gasteiger partial charge in [-0.25, -0.2) is 9.97 Å². The third-order valence-electron chi connectivity index (χ3n) is 3.33. The molecule has 2 aromatic rings. The van der Waals surface area contributed by atoms with Crippen LogP contribution in [-0.4, -0.2) is 30.2 Å². The zero-order valence-corrected chi connectivity index (χ0v) is 13.5. The van der Waals surface area contributed by atoms with E-state index in [-0.39, 0.29) is 0 Å². The standard InChI is InChI=1S/C17H24N4O/c1-4-14-8-5-6-9-15(14)21-17-12-16(19-13(2)20-17)18-10-7-11-22-3/h5-6,8-9,12H,4,7,10-11H2,1-3H3,(H2,18,19,20,21). The van der Waals surface area contributed by atoms with Crippen molar-refractivity contribution in [3.8, 4) is 0 Å². The smallest absolute Gasteiger partial charge is 0.136 e. The lowest BCUT2D eigenvalue weighted by molar-refractivity contribution is 0.198. The Balaban J connectivity index is 2.09. The summed E-state index contributed by atoms with van der Waals surface area (Å²) in [6, 6.07) is 10.2. The van der Waals surface area contributed by atoms with Crippen LogP contribution in [0.1, 0.15) is 24.7 Å². The third kappa shape index (κ3) is 4.70. The number of para-hydroxylation sites is 1. The maximum absolute atomic E-state index is 5.05. The van der Waals surface area contributed by atoms with Gasteiger partial charge in [0.05, 0.1) is 0 Å². The number of anilines is 3. The van der Waals surface area contributed by atoms with E-state index >= 15 is 0 Å². The van der Waals surface area contributed by atoms with Gasteiger partial charge in [-0.05, 0) is 31.4 Å². The van der Waals surface area contributed by atoms with Crippen molar-refractivity contribution in [3.05, 3.63) is 41.7 Å². The first-order valence-electron chi connectivity index (χ1n) is 7.66. The van der Waals surface area contributed by atoms with Crippen LogP contribution in [0.4, 0.5) is 17.3 Å². The predicted molar refractivity (Wildman–Crippen MR) is 90.9 cm³/mol. The van der Waals surface area contributed by atoms with E-state index < -0.39 is 0 Å². The van der Waals surface area contributed by atoms with Gasteiger partial charge in [0.2, 0.25) is 0 Å². The molecule has 0 amide bonds. The number of hydrogen-bond donors (Lipinski definition) is 2. The summed E-state index contributed by atoms with van der Waals surface area (Å²) in [7, 11) is 1.71. The second kappa shape index (κ2) is 8.34. The molecule has 0 atom stereocenters. The Morgan fingerprint density at radius 3 is 2.68 bits per heavy atom. The first-order chi connectivity index (χ1) is 10.7. The Kier molecular flexibility index (Phi) is 6.15. The second-order valence-corrected chi connectivity index (χ2v) is 5.09. The number of nitrogens with one attached hydrogen (secondary N) is 2. The number of hydrogen-bond acceptors (Lipinski definition) is 5. The summed E-state index contributed by atoms with van der Waals surface area (Å²) in [4.78, 5) is 8.87. The lowest BCUT2D eigenvalue weighted by Crippen LogP contribution is -2.08. The van der Waals surface area contributed by atoms with E-state index in [1.165, 1.54) is 5.56 Å². The summed E-state index contributed by atoms with van der Waals surface area (Å²) in [5.74, 6) is 2.39. The number of aromatic nitrogens is 2. The molecule has 22 heavy (non-hydrogen) atoms. The van der Waals surface area contributed by atoms with Gasteiger partial charge in [-0.3, -0.25) is 0 Å². The van der Waals surface area contributed by atoms with E-state index in [0.29, 0.717) is 0 Å². The van der Waals surface area contributed by atoms with Gasteiger partial charge in [-0.2, -0.15) is 0 Å². The predicted octanol–water partition coefficient (Wildman–Crippen LogP) is 3.54. The summed E-state index contributed by atoms with van der Waals surface area (Å²) >= 11 is 0. The highest BCUT2D eigenvalue weighted by atomic mass is 16.5. The van der Waals surface area contributed by atoms with Crippen LogP contribution >= 0.6 is 0 Å². The van der Waals surface area contributed by atoms with Crippen LogP contribution in [0, 0.1) is 6.92 Å². The van der Waals surface area contributed by atoms with Crippen LogP contribution in [0.2, 0.25) is 0 Å². The first-order valence-corrected chi connectivity index (χ1v) is 7.66. The van der Waals surface area contributed by atoms with Crippen LogP contribution in [0.5, 0.6) is 0 Å². The third-order valence-corrected chi connectivity index (χ3v) is 3.33. The van der Waals surface area contributed by atoms with E-state index in [0.717, 1.165) is 49.1 Å². The number of nitrogens with zero attached hydrogens (tertiary/aromatic N) is 2. The van der Waals surface area contributed by atoms with Crippen molar-refractivity contribution in [2.75, 3.05) is 30.9 Å². The van der Waals surface area contributed by atoms with E-state index in [4.69, 9.17) is 4.74 Å². The van der Waals surface area contributed by atoms with E-state index in [1.807, 2.05) is 19.1 Å². The van der Waals surface area contributed by atoms with Crippen molar-refractivity contribution in [2.45, 2.75) is 26.7 Å². The fraction of sp³-hybridized carbons (Fsp3) is 0.412. The van der Waals surface area contributed by atoms with E-state index in [2.05, 4.69) is 45.7 Å². The number of ether oxygens (including phenoxy) is 1. The Morgan fingerprint density at radius 2 is 1.91 bits per heavy atom. The summed E-state index contributed by atoms with van der Waals surface area (Å²) in [5, 5.41) is 6.69. The molecule has 0 aliphatic heterocycles. The quantitative estimate of drug-likeness (QED) is 0.730. The summed E-state index contributed by atoms with van der Waals surface area (Å²) in [5.41, 5.74) is 2.36.